The molecule has 0 spiro atoms. The van der Waals surface area contributed by atoms with Crippen molar-refractivity contribution in [3.05, 3.63) is 0 Å². The van der Waals surface area contributed by atoms with Gasteiger partial charge in [0.2, 0.25) is 0 Å². The van der Waals surface area contributed by atoms with Crippen LogP contribution >= 0.6 is 12.0 Å². The van der Waals surface area contributed by atoms with E-state index in [0.29, 0.717) is 22.5 Å². The molecule has 0 aromatic carbocycles. The van der Waals surface area contributed by atoms with Crippen molar-refractivity contribution in [3.63, 3.8) is 0 Å². The van der Waals surface area contributed by atoms with Gasteiger partial charge in [0.25, 0.3) is 0 Å². The van der Waals surface area contributed by atoms with Gasteiger partial charge in [-0.3, -0.25) is 4.79 Å². The minimum Gasteiger partial charge on any atom is -0.365 e. The number of rotatable bonds is 3. The van der Waals surface area contributed by atoms with Crippen LogP contribution in [0.3, 0.4) is 0 Å². The lowest BCUT2D eigenvalue weighted by Gasteiger charge is -2.66. The van der Waals surface area contributed by atoms with E-state index in [0.717, 1.165) is 43.9 Å². The molecule has 3 nitrogen and oxygen atoms in total. The summed E-state index contributed by atoms with van der Waals surface area (Å²) in [5.41, 5.74) is 0.644. The van der Waals surface area contributed by atoms with E-state index in [4.69, 9.17) is 8.92 Å². The van der Waals surface area contributed by atoms with Crippen molar-refractivity contribution in [2.75, 3.05) is 14.2 Å². The topological polar surface area (TPSA) is 35.5 Å². The van der Waals surface area contributed by atoms with Gasteiger partial charge in [-0.1, -0.05) is 20.8 Å². The maximum absolute atomic E-state index is 12.6. The summed E-state index contributed by atoms with van der Waals surface area (Å²) >= 11 is 1.53. The lowest BCUT2D eigenvalue weighted by atomic mass is 9.40. The molecule has 0 bridgehead atoms. The fourth-order valence-corrected chi connectivity index (χ4v) is 8.75. The highest BCUT2D eigenvalue weighted by Crippen LogP contribution is 2.71. The Hall–Kier alpha value is -0.0600. The SMILES string of the molecule is COS[C@]1(OC)CCC2(C)C3CCC4(C)C(=O)CCC4C3CCC2(C)C1. The third-order valence-electron chi connectivity index (χ3n) is 9.66. The molecule has 0 heterocycles. The first-order valence-corrected chi connectivity index (χ1v) is 11.3. The Morgan fingerprint density at radius 2 is 1.73 bits per heavy atom. The van der Waals surface area contributed by atoms with Gasteiger partial charge < -0.3 is 8.92 Å². The van der Waals surface area contributed by atoms with Gasteiger partial charge >= 0.3 is 0 Å². The first-order valence-electron chi connectivity index (χ1n) is 10.5. The second kappa shape index (κ2) is 6.22. The fourth-order valence-electron chi connectivity index (χ4n) is 7.81. The van der Waals surface area contributed by atoms with Crippen LogP contribution in [0.25, 0.3) is 0 Å². The monoisotopic (exact) mass is 380 g/mol. The third-order valence-corrected chi connectivity index (χ3v) is 10.7. The van der Waals surface area contributed by atoms with Crippen LogP contribution in [0, 0.1) is 34.0 Å². The number of fused-ring (bicyclic) bond motifs is 5. The molecule has 4 aliphatic rings. The van der Waals surface area contributed by atoms with Gasteiger partial charge in [-0.25, -0.2) is 0 Å². The molecule has 0 N–H and O–H groups in total. The Balaban J connectivity index is 1.63. The number of hydrogen-bond donors (Lipinski definition) is 0. The van der Waals surface area contributed by atoms with Gasteiger partial charge in [-0.05, 0) is 80.0 Å². The molecule has 4 saturated carbocycles. The van der Waals surface area contributed by atoms with Gasteiger partial charge in [-0.2, -0.15) is 0 Å². The number of methoxy groups -OCH3 is 1. The Morgan fingerprint density at radius 3 is 2.42 bits per heavy atom. The highest BCUT2D eigenvalue weighted by Gasteiger charge is 2.65. The maximum atomic E-state index is 12.6. The zero-order valence-electron chi connectivity index (χ0n) is 17.2. The van der Waals surface area contributed by atoms with Crippen LogP contribution in [0.15, 0.2) is 0 Å². The summed E-state index contributed by atoms with van der Waals surface area (Å²) in [7, 11) is 3.61. The Labute approximate surface area is 163 Å². The number of ether oxygens (including phenoxy) is 1. The van der Waals surface area contributed by atoms with E-state index in [9.17, 15) is 4.79 Å². The third kappa shape index (κ3) is 2.43. The number of carbonyl (C=O) groups excluding carboxylic acids is 1. The second-order valence-corrected chi connectivity index (χ2v) is 11.6. The Morgan fingerprint density at radius 1 is 0.962 bits per heavy atom. The van der Waals surface area contributed by atoms with Crippen molar-refractivity contribution in [1.82, 2.24) is 0 Å². The van der Waals surface area contributed by atoms with E-state index in [1.165, 1.54) is 37.7 Å². The quantitative estimate of drug-likeness (QED) is 0.470. The Kier molecular flexibility index (Phi) is 4.61. The minimum atomic E-state index is -0.192. The molecule has 4 rings (SSSR count). The summed E-state index contributed by atoms with van der Waals surface area (Å²) in [4.78, 5) is 12.4. The average Bonchev–Trinajstić information content (AvgIpc) is 2.91. The van der Waals surface area contributed by atoms with Crippen LogP contribution in [0.4, 0.5) is 0 Å². The zero-order valence-corrected chi connectivity index (χ0v) is 18.0. The molecule has 0 radical (unpaired) electrons. The van der Waals surface area contributed by atoms with Crippen LogP contribution in [-0.4, -0.2) is 24.9 Å². The fraction of sp³-hybridized carbons (Fsp3) is 0.955. The average molecular weight is 381 g/mol. The molecule has 0 aromatic heterocycles. The highest BCUT2D eigenvalue weighted by molar-refractivity contribution is 7.95. The summed E-state index contributed by atoms with van der Waals surface area (Å²) in [6.07, 6.45) is 10.3. The minimum absolute atomic E-state index is 0.0118. The van der Waals surface area contributed by atoms with Crippen LogP contribution < -0.4 is 0 Å². The van der Waals surface area contributed by atoms with Gasteiger partial charge in [0.05, 0.1) is 7.11 Å². The molecular weight excluding hydrogens is 344 g/mol. The summed E-state index contributed by atoms with van der Waals surface area (Å²) in [6, 6.07) is 0. The van der Waals surface area contributed by atoms with Crippen molar-refractivity contribution in [2.45, 2.75) is 83.5 Å². The van der Waals surface area contributed by atoms with Crippen LogP contribution in [0.2, 0.25) is 0 Å². The molecule has 26 heavy (non-hydrogen) atoms. The highest BCUT2D eigenvalue weighted by atomic mass is 32.2. The second-order valence-electron chi connectivity index (χ2n) is 10.4. The van der Waals surface area contributed by atoms with Crippen molar-refractivity contribution >= 4 is 17.8 Å². The standard InChI is InChI=1S/C22H36O3S/c1-19-10-8-15-16-6-7-18(23)20(16,2)11-9-17(15)21(19,3)12-13-22(14-19,24-4)26-25-5/h15-17H,6-14H2,1-5H3/t15?,16?,17?,19?,20?,21?,22-/m1/s1. The molecule has 0 aromatic rings. The lowest BCUT2D eigenvalue weighted by Crippen LogP contribution is -2.60. The maximum Gasteiger partial charge on any atom is 0.139 e. The largest absolute Gasteiger partial charge is 0.365 e. The Bertz CT molecular complexity index is 594. The molecule has 4 aliphatic carbocycles. The van der Waals surface area contributed by atoms with E-state index in [1.54, 1.807) is 7.11 Å². The first kappa shape index (κ1) is 19.3. The van der Waals surface area contributed by atoms with Crippen LogP contribution in [0.5, 0.6) is 0 Å². The summed E-state index contributed by atoms with van der Waals surface area (Å²) in [6.45, 7) is 7.37. The number of Topliss-reactive ketones (excluding diaryl/α,β-unsaturated/α-hetero) is 1. The molecular formula is C22H36O3S. The molecule has 0 aliphatic heterocycles. The number of ketones is 1. The molecule has 0 amide bonds. The summed E-state index contributed by atoms with van der Waals surface area (Å²) < 4.78 is 11.5. The zero-order chi connectivity index (χ0) is 18.8. The van der Waals surface area contributed by atoms with Crippen molar-refractivity contribution < 1.29 is 13.7 Å². The number of carbonyl (C=O) groups is 1. The van der Waals surface area contributed by atoms with Crippen molar-refractivity contribution in [3.8, 4) is 0 Å². The summed E-state index contributed by atoms with van der Waals surface area (Å²) in [5.74, 6) is 2.71. The predicted octanol–water partition coefficient (Wildman–Crippen LogP) is 5.63. The molecule has 4 fully saturated rings. The molecule has 7 atom stereocenters. The van der Waals surface area contributed by atoms with E-state index in [-0.39, 0.29) is 10.3 Å². The lowest BCUT2D eigenvalue weighted by molar-refractivity contribution is -0.179. The van der Waals surface area contributed by atoms with E-state index in [1.807, 2.05) is 7.11 Å². The predicted molar refractivity (Wildman–Crippen MR) is 106 cm³/mol. The first-order chi connectivity index (χ1) is 12.2. The molecule has 0 saturated heterocycles. The van der Waals surface area contributed by atoms with Gasteiger partial charge in [0.1, 0.15) is 10.7 Å². The van der Waals surface area contributed by atoms with Crippen LogP contribution in [0.1, 0.15) is 78.6 Å². The molecule has 148 valence electrons. The van der Waals surface area contributed by atoms with Gasteiger partial charge in [-0.15, -0.1) is 0 Å². The van der Waals surface area contributed by atoms with E-state index >= 15 is 0 Å². The van der Waals surface area contributed by atoms with Gasteiger partial charge in [0, 0.05) is 31.0 Å². The summed E-state index contributed by atoms with van der Waals surface area (Å²) in [5, 5.41) is 0. The normalized spacial score (nSPS) is 53.7. The van der Waals surface area contributed by atoms with Crippen LogP contribution in [-0.2, 0) is 13.7 Å². The molecule has 6 unspecified atom stereocenters. The van der Waals surface area contributed by atoms with Gasteiger partial charge in [0.15, 0.2) is 0 Å². The van der Waals surface area contributed by atoms with Crippen molar-refractivity contribution in [1.29, 1.82) is 0 Å². The van der Waals surface area contributed by atoms with E-state index < -0.39 is 0 Å². The molecule has 4 heteroatoms. The van der Waals surface area contributed by atoms with Crippen molar-refractivity contribution in [2.24, 2.45) is 34.0 Å². The smallest absolute Gasteiger partial charge is 0.139 e. The number of hydrogen-bond acceptors (Lipinski definition) is 4. The van der Waals surface area contributed by atoms with E-state index in [2.05, 4.69) is 20.8 Å².